The molecule has 1 aromatic carbocycles. The van der Waals surface area contributed by atoms with E-state index in [9.17, 15) is 0 Å². The molecule has 0 atom stereocenters. The normalized spacial score (nSPS) is 10.0. The molecular weight excluding hydrogens is 254 g/mol. The van der Waals surface area contributed by atoms with E-state index in [0.29, 0.717) is 0 Å². The highest BCUT2D eigenvalue weighted by atomic mass is 35.5. The Kier molecular flexibility index (Phi) is 11.9. The quantitative estimate of drug-likeness (QED) is 0.499. The molecule has 0 aromatic heterocycles. The van der Waals surface area contributed by atoms with E-state index in [1.165, 1.54) is 63.7 Å². The highest BCUT2D eigenvalue weighted by Crippen LogP contribution is 2.15. The number of halogens is 1. The number of hydrogen-bond donors (Lipinski definition) is 0. The molecule has 0 spiro atoms. The summed E-state index contributed by atoms with van der Waals surface area (Å²) >= 11 is 0. The lowest BCUT2D eigenvalue weighted by Gasteiger charge is -2.24. The van der Waals surface area contributed by atoms with E-state index in [0.717, 1.165) is 0 Å². The molecular formula is C17H30ClN. The SMILES string of the molecule is CCCCCCCN(CCCC)c1ccccc1.Cl. The van der Waals surface area contributed by atoms with Crippen LogP contribution in [0.5, 0.6) is 0 Å². The monoisotopic (exact) mass is 283 g/mol. The number of rotatable bonds is 10. The van der Waals surface area contributed by atoms with Gasteiger partial charge in [-0.25, -0.2) is 0 Å². The van der Waals surface area contributed by atoms with Crippen LogP contribution in [0.15, 0.2) is 30.3 Å². The molecule has 110 valence electrons. The summed E-state index contributed by atoms with van der Waals surface area (Å²) in [6.45, 7) is 6.96. The smallest absolute Gasteiger partial charge is 0.0366 e. The fourth-order valence-electron chi connectivity index (χ4n) is 2.26. The van der Waals surface area contributed by atoms with Crippen molar-refractivity contribution >= 4 is 18.1 Å². The molecule has 0 fully saturated rings. The predicted molar refractivity (Wildman–Crippen MR) is 89.6 cm³/mol. The van der Waals surface area contributed by atoms with Crippen LogP contribution in [0, 0.1) is 0 Å². The van der Waals surface area contributed by atoms with Crippen molar-refractivity contribution in [2.75, 3.05) is 18.0 Å². The number of hydrogen-bond acceptors (Lipinski definition) is 1. The molecule has 0 aliphatic rings. The van der Waals surface area contributed by atoms with E-state index in [2.05, 4.69) is 49.1 Å². The van der Waals surface area contributed by atoms with E-state index in [1.54, 1.807) is 0 Å². The number of unbranched alkanes of at least 4 members (excludes halogenated alkanes) is 5. The van der Waals surface area contributed by atoms with Crippen molar-refractivity contribution in [3.05, 3.63) is 30.3 Å². The molecule has 0 N–H and O–H groups in total. The largest absolute Gasteiger partial charge is 0.372 e. The summed E-state index contributed by atoms with van der Waals surface area (Å²) in [6, 6.07) is 10.9. The molecule has 0 aliphatic carbocycles. The van der Waals surface area contributed by atoms with Gasteiger partial charge < -0.3 is 4.90 Å². The second kappa shape index (κ2) is 12.3. The minimum absolute atomic E-state index is 0. The lowest BCUT2D eigenvalue weighted by Crippen LogP contribution is -2.25. The van der Waals surface area contributed by atoms with Crippen LogP contribution in [0.25, 0.3) is 0 Å². The molecule has 1 rings (SSSR count). The fourth-order valence-corrected chi connectivity index (χ4v) is 2.26. The van der Waals surface area contributed by atoms with Gasteiger partial charge in [-0.2, -0.15) is 0 Å². The Hall–Kier alpha value is -0.690. The molecule has 1 nitrogen and oxygen atoms in total. The van der Waals surface area contributed by atoms with Gasteiger partial charge in [-0.05, 0) is 25.0 Å². The standard InChI is InChI=1S/C17H29N.ClH/c1-3-5-7-8-12-16-18(15-6-4-2)17-13-10-9-11-14-17;/h9-11,13-14H,3-8,12,15-16H2,1-2H3;1H. The summed E-state index contributed by atoms with van der Waals surface area (Å²) in [6.07, 6.45) is 9.40. The van der Waals surface area contributed by atoms with Crippen LogP contribution in [-0.4, -0.2) is 13.1 Å². The average Bonchev–Trinajstić information content (AvgIpc) is 2.43. The van der Waals surface area contributed by atoms with Gasteiger partial charge in [0.15, 0.2) is 0 Å². The summed E-state index contributed by atoms with van der Waals surface area (Å²) in [5.74, 6) is 0. The fraction of sp³-hybridized carbons (Fsp3) is 0.647. The maximum atomic E-state index is 2.55. The summed E-state index contributed by atoms with van der Waals surface area (Å²) in [4.78, 5) is 2.55. The third-order valence-corrected chi connectivity index (χ3v) is 3.43. The highest BCUT2D eigenvalue weighted by molar-refractivity contribution is 5.85. The third kappa shape index (κ3) is 8.15. The van der Waals surface area contributed by atoms with Crippen molar-refractivity contribution in [3.63, 3.8) is 0 Å². The van der Waals surface area contributed by atoms with Crippen LogP contribution in [-0.2, 0) is 0 Å². The zero-order chi connectivity index (χ0) is 13.1. The Morgan fingerprint density at radius 2 is 1.32 bits per heavy atom. The maximum Gasteiger partial charge on any atom is 0.0366 e. The van der Waals surface area contributed by atoms with Crippen molar-refractivity contribution in [3.8, 4) is 0 Å². The van der Waals surface area contributed by atoms with Crippen molar-refractivity contribution in [1.82, 2.24) is 0 Å². The minimum Gasteiger partial charge on any atom is -0.372 e. The lowest BCUT2D eigenvalue weighted by molar-refractivity contribution is 0.610. The van der Waals surface area contributed by atoms with Crippen LogP contribution in [0.1, 0.15) is 58.8 Å². The maximum absolute atomic E-state index is 2.55. The number of nitrogens with zero attached hydrogens (tertiary/aromatic N) is 1. The first-order valence-electron chi connectivity index (χ1n) is 7.68. The Labute approximate surface area is 125 Å². The first-order chi connectivity index (χ1) is 8.88. The first kappa shape index (κ1) is 18.3. The molecule has 0 radical (unpaired) electrons. The highest BCUT2D eigenvalue weighted by Gasteiger charge is 2.04. The number of para-hydroxylation sites is 1. The number of benzene rings is 1. The summed E-state index contributed by atoms with van der Waals surface area (Å²) in [7, 11) is 0. The minimum atomic E-state index is 0. The van der Waals surface area contributed by atoms with Crippen molar-refractivity contribution in [2.24, 2.45) is 0 Å². The molecule has 2 heteroatoms. The second-order valence-electron chi connectivity index (χ2n) is 5.09. The number of anilines is 1. The van der Waals surface area contributed by atoms with Gasteiger partial charge in [0.1, 0.15) is 0 Å². The van der Waals surface area contributed by atoms with Crippen LogP contribution < -0.4 is 4.90 Å². The Bertz CT molecular complexity index is 287. The van der Waals surface area contributed by atoms with Crippen LogP contribution in [0.4, 0.5) is 5.69 Å². The Balaban J connectivity index is 0.00000324. The molecule has 0 aliphatic heterocycles. The lowest BCUT2D eigenvalue weighted by atomic mass is 10.1. The average molecular weight is 284 g/mol. The summed E-state index contributed by atoms with van der Waals surface area (Å²) in [5.41, 5.74) is 1.39. The van der Waals surface area contributed by atoms with Crippen molar-refractivity contribution < 1.29 is 0 Å². The Morgan fingerprint density at radius 3 is 1.95 bits per heavy atom. The molecule has 0 heterocycles. The van der Waals surface area contributed by atoms with Gasteiger partial charge in [-0.15, -0.1) is 12.4 Å². The van der Waals surface area contributed by atoms with Gasteiger partial charge in [-0.3, -0.25) is 0 Å². The third-order valence-electron chi connectivity index (χ3n) is 3.43. The van der Waals surface area contributed by atoms with Gasteiger partial charge in [0.05, 0.1) is 0 Å². The summed E-state index contributed by atoms with van der Waals surface area (Å²) < 4.78 is 0. The van der Waals surface area contributed by atoms with Gasteiger partial charge in [0.2, 0.25) is 0 Å². The molecule has 0 unspecified atom stereocenters. The van der Waals surface area contributed by atoms with E-state index >= 15 is 0 Å². The molecule has 0 saturated carbocycles. The predicted octanol–water partition coefficient (Wildman–Crippen LogP) is 5.69. The molecule has 19 heavy (non-hydrogen) atoms. The Morgan fingerprint density at radius 1 is 0.737 bits per heavy atom. The molecule has 1 aromatic rings. The van der Waals surface area contributed by atoms with Crippen molar-refractivity contribution in [1.29, 1.82) is 0 Å². The van der Waals surface area contributed by atoms with E-state index in [-0.39, 0.29) is 12.4 Å². The van der Waals surface area contributed by atoms with Crippen LogP contribution >= 0.6 is 12.4 Å². The zero-order valence-electron chi connectivity index (χ0n) is 12.6. The zero-order valence-corrected chi connectivity index (χ0v) is 13.4. The van der Waals surface area contributed by atoms with Gasteiger partial charge in [0.25, 0.3) is 0 Å². The van der Waals surface area contributed by atoms with Gasteiger partial charge in [0, 0.05) is 18.8 Å². The first-order valence-corrected chi connectivity index (χ1v) is 7.68. The van der Waals surface area contributed by atoms with Crippen LogP contribution in [0.3, 0.4) is 0 Å². The van der Waals surface area contributed by atoms with E-state index in [1.807, 2.05) is 0 Å². The molecule has 0 amide bonds. The van der Waals surface area contributed by atoms with E-state index < -0.39 is 0 Å². The van der Waals surface area contributed by atoms with Crippen LogP contribution in [0.2, 0.25) is 0 Å². The molecule has 0 saturated heterocycles. The second-order valence-corrected chi connectivity index (χ2v) is 5.09. The molecule has 0 bridgehead atoms. The summed E-state index contributed by atoms with van der Waals surface area (Å²) in [5, 5.41) is 0. The van der Waals surface area contributed by atoms with Gasteiger partial charge >= 0.3 is 0 Å². The van der Waals surface area contributed by atoms with E-state index in [4.69, 9.17) is 0 Å². The van der Waals surface area contributed by atoms with Gasteiger partial charge in [-0.1, -0.05) is 64.2 Å². The van der Waals surface area contributed by atoms with Crippen molar-refractivity contribution in [2.45, 2.75) is 58.8 Å². The topological polar surface area (TPSA) is 3.24 Å².